The van der Waals surface area contributed by atoms with Crippen molar-refractivity contribution in [3.05, 3.63) is 0 Å². The summed E-state index contributed by atoms with van der Waals surface area (Å²) in [5.74, 6) is 0.0910. The fourth-order valence-corrected chi connectivity index (χ4v) is 2.27. The number of rotatable bonds is 3. The lowest BCUT2D eigenvalue weighted by Crippen LogP contribution is -2.50. The zero-order valence-corrected chi connectivity index (χ0v) is 8.66. The smallest absolute Gasteiger partial charge is 0.239 e. The van der Waals surface area contributed by atoms with Crippen molar-refractivity contribution in [1.82, 2.24) is 4.90 Å². The largest absolute Gasteiger partial charge is 0.376 e. The lowest BCUT2D eigenvalue weighted by molar-refractivity contribution is -0.137. The van der Waals surface area contributed by atoms with Crippen LogP contribution in [0.4, 0.5) is 0 Å². The molecule has 4 heteroatoms. The van der Waals surface area contributed by atoms with Crippen molar-refractivity contribution in [2.45, 2.75) is 37.3 Å². The van der Waals surface area contributed by atoms with Crippen LogP contribution in [-0.4, -0.2) is 42.6 Å². The Morgan fingerprint density at radius 2 is 2.36 bits per heavy atom. The van der Waals surface area contributed by atoms with Gasteiger partial charge >= 0.3 is 0 Å². The lowest BCUT2D eigenvalue weighted by Gasteiger charge is -2.42. The first kappa shape index (κ1) is 9.93. The van der Waals surface area contributed by atoms with Crippen LogP contribution in [0.15, 0.2) is 0 Å². The predicted octanol–water partition coefficient (Wildman–Crippen LogP) is 0.115. The molecule has 1 aliphatic heterocycles. The topological polar surface area (TPSA) is 55.6 Å². The van der Waals surface area contributed by atoms with Crippen LogP contribution < -0.4 is 5.73 Å². The van der Waals surface area contributed by atoms with Gasteiger partial charge in [-0.1, -0.05) is 0 Å². The molecule has 1 atom stereocenters. The van der Waals surface area contributed by atoms with E-state index in [1.54, 1.807) is 7.11 Å². The van der Waals surface area contributed by atoms with Gasteiger partial charge in [0.1, 0.15) is 0 Å². The third-order valence-corrected chi connectivity index (χ3v) is 3.52. The highest BCUT2D eigenvalue weighted by molar-refractivity contribution is 5.83. The third kappa shape index (κ3) is 1.53. The fourth-order valence-electron chi connectivity index (χ4n) is 2.27. The number of nitrogens with two attached hydrogens (primary N) is 1. The molecule has 0 bridgehead atoms. The Morgan fingerprint density at radius 3 is 2.71 bits per heavy atom. The van der Waals surface area contributed by atoms with Crippen LogP contribution in [0.5, 0.6) is 0 Å². The van der Waals surface area contributed by atoms with E-state index in [1.807, 2.05) is 4.90 Å². The van der Waals surface area contributed by atoms with Crippen molar-refractivity contribution in [2.24, 2.45) is 5.73 Å². The van der Waals surface area contributed by atoms with Crippen LogP contribution in [0.25, 0.3) is 0 Å². The van der Waals surface area contributed by atoms with Crippen molar-refractivity contribution in [1.29, 1.82) is 0 Å². The van der Waals surface area contributed by atoms with Crippen LogP contribution in [0, 0.1) is 0 Å². The van der Waals surface area contributed by atoms with Gasteiger partial charge in [0.15, 0.2) is 0 Å². The van der Waals surface area contributed by atoms with Crippen LogP contribution in [0.3, 0.4) is 0 Å². The molecular weight excluding hydrogens is 180 g/mol. The highest BCUT2D eigenvalue weighted by Crippen LogP contribution is 2.36. The summed E-state index contributed by atoms with van der Waals surface area (Å²) in [5, 5.41) is 0. The lowest BCUT2D eigenvalue weighted by atomic mass is 9.79. The molecule has 2 aliphatic rings. The van der Waals surface area contributed by atoms with Crippen LogP contribution in [-0.2, 0) is 9.53 Å². The Morgan fingerprint density at radius 1 is 1.64 bits per heavy atom. The zero-order valence-electron chi connectivity index (χ0n) is 8.66. The minimum absolute atomic E-state index is 0.0558. The molecule has 1 saturated heterocycles. The average Bonchev–Trinajstić information content (AvgIpc) is 2.42. The molecule has 0 aromatic carbocycles. The zero-order chi connectivity index (χ0) is 10.2. The minimum atomic E-state index is -0.274. The Labute approximate surface area is 84.4 Å². The summed E-state index contributed by atoms with van der Waals surface area (Å²) in [4.78, 5) is 13.4. The van der Waals surface area contributed by atoms with Crippen LogP contribution in [0.2, 0.25) is 0 Å². The number of carbonyl (C=O) groups excluding carboxylic acids is 1. The maximum Gasteiger partial charge on any atom is 0.239 e. The van der Waals surface area contributed by atoms with E-state index in [1.165, 1.54) is 6.42 Å². The Kier molecular flexibility index (Phi) is 2.49. The molecule has 1 heterocycles. The second kappa shape index (κ2) is 3.51. The van der Waals surface area contributed by atoms with Gasteiger partial charge in [0.25, 0.3) is 0 Å². The van der Waals surface area contributed by atoms with E-state index in [9.17, 15) is 4.79 Å². The molecule has 0 aromatic rings. The Balaban J connectivity index is 1.94. The summed E-state index contributed by atoms with van der Waals surface area (Å²) < 4.78 is 5.48. The number of ether oxygens (including phenoxy) is 1. The van der Waals surface area contributed by atoms with Gasteiger partial charge in [-0.15, -0.1) is 0 Å². The van der Waals surface area contributed by atoms with Crippen molar-refractivity contribution in [2.75, 3.05) is 20.2 Å². The van der Waals surface area contributed by atoms with Gasteiger partial charge in [0.05, 0.1) is 11.6 Å². The second-order valence-corrected chi connectivity index (χ2v) is 4.40. The van der Waals surface area contributed by atoms with E-state index >= 15 is 0 Å². The standard InChI is InChI=1S/C10H18N2O2/c1-14-10(4-2-5-10)7-12-6-3-8(11)9(12)13/h8H,2-7,11H2,1H3. The Hall–Kier alpha value is -0.610. The van der Waals surface area contributed by atoms with E-state index in [2.05, 4.69) is 0 Å². The summed E-state index contributed by atoms with van der Waals surface area (Å²) >= 11 is 0. The Bertz CT molecular complexity index is 233. The first-order valence-electron chi connectivity index (χ1n) is 5.26. The molecule has 1 unspecified atom stereocenters. The highest BCUT2D eigenvalue weighted by Gasteiger charge is 2.41. The highest BCUT2D eigenvalue weighted by atomic mass is 16.5. The minimum Gasteiger partial charge on any atom is -0.376 e. The first-order chi connectivity index (χ1) is 6.67. The quantitative estimate of drug-likeness (QED) is 0.700. The molecule has 1 amide bonds. The van der Waals surface area contributed by atoms with E-state index < -0.39 is 0 Å². The summed E-state index contributed by atoms with van der Waals surface area (Å²) in [6, 6.07) is -0.274. The van der Waals surface area contributed by atoms with E-state index in [0.717, 1.165) is 32.4 Å². The summed E-state index contributed by atoms with van der Waals surface area (Å²) in [5.41, 5.74) is 5.60. The molecule has 80 valence electrons. The summed E-state index contributed by atoms with van der Waals surface area (Å²) in [6.07, 6.45) is 4.14. The number of methoxy groups -OCH3 is 1. The number of amides is 1. The van der Waals surface area contributed by atoms with E-state index in [-0.39, 0.29) is 17.6 Å². The van der Waals surface area contributed by atoms with E-state index in [0.29, 0.717) is 0 Å². The number of nitrogens with zero attached hydrogens (tertiary/aromatic N) is 1. The van der Waals surface area contributed by atoms with Gasteiger partial charge in [-0.3, -0.25) is 4.79 Å². The molecule has 2 N–H and O–H groups in total. The molecule has 14 heavy (non-hydrogen) atoms. The first-order valence-corrected chi connectivity index (χ1v) is 5.26. The second-order valence-electron chi connectivity index (χ2n) is 4.40. The van der Waals surface area contributed by atoms with Gasteiger partial charge in [-0.2, -0.15) is 0 Å². The molecule has 2 fully saturated rings. The number of hydrogen-bond acceptors (Lipinski definition) is 3. The molecule has 1 saturated carbocycles. The monoisotopic (exact) mass is 198 g/mol. The summed E-state index contributed by atoms with van der Waals surface area (Å²) in [7, 11) is 1.74. The van der Waals surface area contributed by atoms with Gasteiger partial charge in [0, 0.05) is 20.2 Å². The maximum absolute atomic E-state index is 11.6. The normalized spacial score (nSPS) is 30.6. The van der Waals surface area contributed by atoms with Crippen molar-refractivity contribution < 1.29 is 9.53 Å². The summed E-state index contributed by atoms with van der Waals surface area (Å²) in [6.45, 7) is 1.53. The molecule has 4 nitrogen and oxygen atoms in total. The number of carbonyl (C=O) groups is 1. The van der Waals surface area contributed by atoms with Gasteiger partial charge in [-0.05, 0) is 25.7 Å². The molecule has 0 radical (unpaired) electrons. The van der Waals surface area contributed by atoms with Crippen molar-refractivity contribution in [3.8, 4) is 0 Å². The third-order valence-electron chi connectivity index (χ3n) is 3.52. The maximum atomic E-state index is 11.6. The molecule has 2 rings (SSSR count). The SMILES string of the molecule is COC1(CN2CCC(N)C2=O)CCC1. The average molecular weight is 198 g/mol. The van der Waals surface area contributed by atoms with Crippen LogP contribution in [0.1, 0.15) is 25.7 Å². The van der Waals surface area contributed by atoms with Crippen LogP contribution >= 0.6 is 0 Å². The number of likely N-dealkylation sites (tertiary alicyclic amines) is 1. The van der Waals surface area contributed by atoms with Gasteiger partial charge in [0.2, 0.25) is 5.91 Å². The van der Waals surface area contributed by atoms with Crippen molar-refractivity contribution in [3.63, 3.8) is 0 Å². The van der Waals surface area contributed by atoms with Crippen molar-refractivity contribution >= 4 is 5.91 Å². The van der Waals surface area contributed by atoms with Gasteiger partial charge in [-0.25, -0.2) is 0 Å². The molecule has 0 aromatic heterocycles. The van der Waals surface area contributed by atoms with Gasteiger partial charge < -0.3 is 15.4 Å². The molecular formula is C10H18N2O2. The molecule has 1 aliphatic carbocycles. The number of hydrogen-bond donors (Lipinski definition) is 1. The van der Waals surface area contributed by atoms with E-state index in [4.69, 9.17) is 10.5 Å². The fraction of sp³-hybridized carbons (Fsp3) is 0.900. The molecule has 0 spiro atoms. The predicted molar refractivity (Wildman–Crippen MR) is 52.8 cm³/mol.